The van der Waals surface area contributed by atoms with Crippen LogP contribution in [-0.2, 0) is 7.05 Å². The summed E-state index contributed by atoms with van der Waals surface area (Å²) in [6, 6.07) is 0. The molecule has 0 saturated carbocycles. The van der Waals surface area contributed by atoms with Gasteiger partial charge in [-0.3, -0.25) is 4.68 Å². The highest BCUT2D eigenvalue weighted by atomic mass is 32.1. The number of hydrogen-bond acceptors (Lipinski definition) is 3. The van der Waals surface area contributed by atoms with Gasteiger partial charge in [-0.2, -0.15) is 5.10 Å². The molecule has 1 aromatic heterocycles. The summed E-state index contributed by atoms with van der Waals surface area (Å²) in [6.07, 6.45) is 7.75. The Morgan fingerprint density at radius 3 is 2.53 bits per heavy atom. The van der Waals surface area contributed by atoms with Crippen LogP contribution < -0.4 is 11.1 Å². The normalized spacial score (nSPS) is 10.7. The van der Waals surface area contributed by atoms with E-state index in [2.05, 4.69) is 17.3 Å². The molecule has 0 aliphatic heterocycles. The van der Waals surface area contributed by atoms with Crippen molar-refractivity contribution in [2.75, 3.05) is 11.9 Å². The molecule has 1 rings (SSSR count). The van der Waals surface area contributed by atoms with Crippen molar-refractivity contribution in [3.8, 4) is 0 Å². The number of unbranched alkanes of at least 4 members (excludes halogenated alkanes) is 5. The number of nitrogens with two attached hydrogens (primary N) is 1. The number of nitrogens with zero attached hydrogens (tertiary/aromatic N) is 2. The minimum atomic E-state index is 0.413. The number of hydrogen-bond donors (Lipinski definition) is 2. The number of thiocarbonyl (C=S) groups is 1. The fraction of sp³-hybridized carbons (Fsp3) is 0.714. The standard InChI is InChI=1S/C14H26N4S/c1-4-5-6-7-8-9-10-16-14-12(13(15)19)11(2)17-18(14)3/h16H,4-10H2,1-3H3,(H2,15,19). The van der Waals surface area contributed by atoms with E-state index in [1.54, 1.807) is 0 Å². The Bertz CT molecular complexity index is 412. The van der Waals surface area contributed by atoms with Crippen LogP contribution in [-0.4, -0.2) is 21.3 Å². The van der Waals surface area contributed by atoms with Crippen LogP contribution in [0.3, 0.4) is 0 Å². The van der Waals surface area contributed by atoms with Gasteiger partial charge < -0.3 is 11.1 Å². The van der Waals surface area contributed by atoms with E-state index in [-0.39, 0.29) is 0 Å². The maximum atomic E-state index is 5.75. The van der Waals surface area contributed by atoms with Gasteiger partial charge in [-0.25, -0.2) is 0 Å². The van der Waals surface area contributed by atoms with Crippen molar-refractivity contribution in [3.63, 3.8) is 0 Å². The van der Waals surface area contributed by atoms with Gasteiger partial charge in [0.25, 0.3) is 0 Å². The van der Waals surface area contributed by atoms with Crippen LogP contribution in [0.15, 0.2) is 0 Å². The van der Waals surface area contributed by atoms with Crippen LogP contribution in [0.1, 0.15) is 56.7 Å². The molecule has 19 heavy (non-hydrogen) atoms. The van der Waals surface area contributed by atoms with Gasteiger partial charge in [0.05, 0.1) is 11.3 Å². The molecule has 0 fully saturated rings. The van der Waals surface area contributed by atoms with Crippen LogP contribution in [0.2, 0.25) is 0 Å². The first-order valence-electron chi connectivity index (χ1n) is 7.15. The predicted octanol–water partition coefficient (Wildman–Crippen LogP) is 3.14. The molecular formula is C14H26N4S. The van der Waals surface area contributed by atoms with Crippen LogP contribution in [0, 0.1) is 6.92 Å². The van der Waals surface area contributed by atoms with E-state index in [0.717, 1.165) is 23.6 Å². The molecule has 0 bridgehead atoms. The van der Waals surface area contributed by atoms with Crippen LogP contribution in [0.4, 0.5) is 5.82 Å². The molecular weight excluding hydrogens is 256 g/mol. The average Bonchev–Trinajstić information content (AvgIpc) is 2.63. The molecule has 4 nitrogen and oxygen atoms in total. The topological polar surface area (TPSA) is 55.9 Å². The number of aryl methyl sites for hydroxylation is 2. The van der Waals surface area contributed by atoms with Crippen molar-refractivity contribution >= 4 is 23.0 Å². The second-order valence-electron chi connectivity index (χ2n) is 4.99. The molecule has 1 aromatic rings. The Balaban J connectivity index is 2.39. The summed E-state index contributed by atoms with van der Waals surface area (Å²) in [5.41, 5.74) is 7.52. The first-order chi connectivity index (χ1) is 9.07. The zero-order valence-corrected chi connectivity index (χ0v) is 13.1. The zero-order chi connectivity index (χ0) is 14.3. The molecule has 0 saturated heterocycles. The van der Waals surface area contributed by atoms with Crippen molar-refractivity contribution < 1.29 is 0 Å². The Morgan fingerprint density at radius 1 is 1.26 bits per heavy atom. The molecule has 108 valence electrons. The van der Waals surface area contributed by atoms with Gasteiger partial charge in [-0.05, 0) is 13.3 Å². The molecule has 0 radical (unpaired) electrons. The van der Waals surface area contributed by atoms with Crippen LogP contribution >= 0.6 is 12.2 Å². The minimum absolute atomic E-state index is 0.413. The van der Waals surface area contributed by atoms with Gasteiger partial charge in [0.1, 0.15) is 10.8 Å². The molecule has 0 atom stereocenters. The SMILES string of the molecule is CCCCCCCCNc1c(C(N)=S)c(C)nn1C. The second-order valence-corrected chi connectivity index (χ2v) is 5.43. The maximum absolute atomic E-state index is 5.75. The number of nitrogens with one attached hydrogen (secondary N) is 1. The summed E-state index contributed by atoms with van der Waals surface area (Å²) >= 11 is 5.08. The molecule has 0 aromatic carbocycles. The molecule has 1 heterocycles. The first-order valence-corrected chi connectivity index (χ1v) is 7.56. The van der Waals surface area contributed by atoms with E-state index in [0.29, 0.717) is 4.99 Å². The number of anilines is 1. The first kappa shape index (κ1) is 16.0. The lowest BCUT2D eigenvalue weighted by molar-refractivity contribution is 0.615. The van der Waals surface area contributed by atoms with E-state index in [1.165, 1.54) is 38.5 Å². The fourth-order valence-electron chi connectivity index (χ4n) is 2.27. The van der Waals surface area contributed by atoms with Gasteiger partial charge in [0.2, 0.25) is 0 Å². The third kappa shape index (κ3) is 4.82. The lowest BCUT2D eigenvalue weighted by atomic mass is 10.1. The van der Waals surface area contributed by atoms with Crippen LogP contribution in [0.5, 0.6) is 0 Å². The van der Waals surface area contributed by atoms with E-state index >= 15 is 0 Å². The summed E-state index contributed by atoms with van der Waals surface area (Å²) in [7, 11) is 1.92. The highest BCUT2D eigenvalue weighted by Gasteiger charge is 2.14. The lowest BCUT2D eigenvalue weighted by Crippen LogP contribution is -2.15. The molecule has 5 heteroatoms. The Labute approximate surface area is 121 Å². The van der Waals surface area contributed by atoms with Crippen LogP contribution in [0.25, 0.3) is 0 Å². The quantitative estimate of drug-likeness (QED) is 0.540. The molecule has 0 spiro atoms. The summed E-state index contributed by atoms with van der Waals surface area (Å²) in [6.45, 7) is 5.12. The summed E-state index contributed by atoms with van der Waals surface area (Å²) in [5, 5.41) is 7.77. The van der Waals surface area contributed by atoms with E-state index in [9.17, 15) is 0 Å². The predicted molar refractivity (Wildman–Crippen MR) is 85.7 cm³/mol. The molecule has 0 aliphatic carbocycles. The summed E-state index contributed by atoms with van der Waals surface area (Å²) < 4.78 is 1.82. The molecule has 0 unspecified atom stereocenters. The highest BCUT2D eigenvalue weighted by molar-refractivity contribution is 7.80. The van der Waals surface area contributed by atoms with E-state index < -0.39 is 0 Å². The van der Waals surface area contributed by atoms with Gasteiger partial charge in [-0.1, -0.05) is 51.2 Å². The maximum Gasteiger partial charge on any atom is 0.134 e. The zero-order valence-electron chi connectivity index (χ0n) is 12.3. The number of aromatic nitrogens is 2. The van der Waals surface area contributed by atoms with Crippen molar-refractivity contribution in [3.05, 3.63) is 11.3 Å². The van der Waals surface area contributed by atoms with Gasteiger partial charge in [0, 0.05) is 13.6 Å². The average molecular weight is 282 g/mol. The lowest BCUT2D eigenvalue weighted by Gasteiger charge is -2.09. The third-order valence-electron chi connectivity index (χ3n) is 3.29. The van der Waals surface area contributed by atoms with Gasteiger partial charge in [-0.15, -0.1) is 0 Å². The summed E-state index contributed by atoms with van der Waals surface area (Å²) in [5.74, 6) is 0.943. The van der Waals surface area contributed by atoms with Gasteiger partial charge >= 0.3 is 0 Å². The smallest absolute Gasteiger partial charge is 0.134 e. The van der Waals surface area contributed by atoms with E-state index in [1.807, 2.05) is 18.7 Å². The highest BCUT2D eigenvalue weighted by Crippen LogP contribution is 2.18. The van der Waals surface area contributed by atoms with Crippen molar-refractivity contribution in [2.45, 2.75) is 52.4 Å². The van der Waals surface area contributed by atoms with Crippen molar-refractivity contribution in [1.82, 2.24) is 9.78 Å². The summed E-state index contributed by atoms with van der Waals surface area (Å²) in [4.78, 5) is 0.413. The number of rotatable bonds is 9. The van der Waals surface area contributed by atoms with Gasteiger partial charge in [0.15, 0.2) is 0 Å². The third-order valence-corrected chi connectivity index (χ3v) is 3.50. The van der Waals surface area contributed by atoms with E-state index in [4.69, 9.17) is 18.0 Å². The minimum Gasteiger partial charge on any atom is -0.389 e. The molecule has 0 aliphatic rings. The van der Waals surface area contributed by atoms with Crippen molar-refractivity contribution in [1.29, 1.82) is 0 Å². The Hall–Kier alpha value is -1.10. The second kappa shape index (κ2) is 8.15. The largest absolute Gasteiger partial charge is 0.389 e. The Morgan fingerprint density at radius 2 is 1.89 bits per heavy atom. The molecule has 3 N–H and O–H groups in total. The Kier molecular flexibility index (Phi) is 6.84. The fourth-order valence-corrected chi connectivity index (χ4v) is 2.51. The monoisotopic (exact) mass is 282 g/mol. The molecule has 0 amide bonds. The van der Waals surface area contributed by atoms with Crippen molar-refractivity contribution in [2.24, 2.45) is 12.8 Å².